The van der Waals surface area contributed by atoms with Gasteiger partial charge in [-0.1, -0.05) is 17.7 Å². The van der Waals surface area contributed by atoms with Crippen molar-refractivity contribution < 1.29 is 9.09 Å². The van der Waals surface area contributed by atoms with Crippen LogP contribution in [0, 0.1) is 0 Å². The van der Waals surface area contributed by atoms with Crippen LogP contribution in [0.4, 0.5) is 5.82 Å². The number of anilines is 1. The van der Waals surface area contributed by atoms with Crippen LogP contribution >= 0.6 is 19.1 Å². The van der Waals surface area contributed by atoms with Crippen molar-refractivity contribution in [1.82, 2.24) is 4.98 Å². The van der Waals surface area contributed by atoms with E-state index in [1.807, 2.05) is 0 Å². The van der Waals surface area contributed by atoms with Crippen LogP contribution in [0.15, 0.2) is 48.7 Å². The minimum atomic E-state index is -3.01. The maximum atomic E-state index is 12.2. The van der Waals surface area contributed by atoms with Gasteiger partial charge >= 0.3 is 7.52 Å². The van der Waals surface area contributed by atoms with Crippen LogP contribution in [0.5, 0.6) is 5.75 Å². The summed E-state index contributed by atoms with van der Waals surface area (Å²) in [7, 11) is -3.01. The second kappa shape index (κ2) is 5.42. The molecule has 2 aromatic rings. The number of hydrogen-bond donors (Lipinski definition) is 1. The minimum absolute atomic E-state index is 0.494. The maximum Gasteiger partial charge on any atom is 0.339 e. The number of nitrogens with zero attached hydrogens (tertiary/aromatic N) is 1. The molecule has 18 heavy (non-hydrogen) atoms. The van der Waals surface area contributed by atoms with Crippen LogP contribution in [-0.2, 0) is 4.57 Å². The zero-order valence-corrected chi connectivity index (χ0v) is 11.4. The fraction of sp³-hybridized carbons (Fsp3) is 0.0833. The third-order valence-electron chi connectivity index (χ3n) is 2.08. The zero-order chi connectivity index (χ0) is 13.0. The summed E-state index contributed by atoms with van der Waals surface area (Å²) in [5, 5.41) is 3.37. The Morgan fingerprint density at radius 2 is 1.94 bits per heavy atom. The van der Waals surface area contributed by atoms with E-state index >= 15 is 0 Å². The van der Waals surface area contributed by atoms with Crippen molar-refractivity contribution in [3.8, 4) is 5.75 Å². The number of rotatable bonds is 4. The Bertz CT molecular complexity index is 560. The first-order chi connectivity index (χ1) is 8.55. The molecule has 0 aliphatic heterocycles. The van der Waals surface area contributed by atoms with Crippen LogP contribution in [-0.4, -0.2) is 11.6 Å². The molecule has 1 aromatic heterocycles. The number of halogens is 1. The summed E-state index contributed by atoms with van der Waals surface area (Å²) < 4.78 is 17.6. The summed E-state index contributed by atoms with van der Waals surface area (Å²) in [6, 6.07) is 12.0. The Hall–Kier alpha value is -1.51. The van der Waals surface area contributed by atoms with Gasteiger partial charge in [0.25, 0.3) is 0 Å². The molecule has 0 radical (unpaired) electrons. The highest BCUT2D eigenvalue weighted by Crippen LogP contribution is 2.42. The lowest BCUT2D eigenvalue weighted by atomic mass is 10.3. The Morgan fingerprint density at radius 1 is 1.22 bits per heavy atom. The molecule has 0 saturated heterocycles. The van der Waals surface area contributed by atoms with Gasteiger partial charge in [0.2, 0.25) is 0 Å². The lowest BCUT2D eigenvalue weighted by Crippen LogP contribution is -2.03. The van der Waals surface area contributed by atoms with Gasteiger partial charge < -0.3 is 4.52 Å². The molecule has 2 rings (SSSR count). The molecule has 0 aliphatic carbocycles. The highest BCUT2D eigenvalue weighted by molar-refractivity contribution is 7.60. The first kappa shape index (κ1) is 12.9. The van der Waals surface area contributed by atoms with Gasteiger partial charge in [0.05, 0.1) is 0 Å². The van der Waals surface area contributed by atoms with Crippen LogP contribution < -0.4 is 9.61 Å². The van der Waals surface area contributed by atoms with E-state index in [-0.39, 0.29) is 0 Å². The lowest BCUT2D eigenvalue weighted by molar-refractivity contribution is 0.493. The Labute approximate surface area is 110 Å². The summed E-state index contributed by atoms with van der Waals surface area (Å²) >= 11 is 5.76. The third kappa shape index (κ3) is 3.76. The smallest absolute Gasteiger partial charge is 0.339 e. The predicted octanol–water partition coefficient (Wildman–Crippen LogP) is 4.05. The molecule has 0 bridgehead atoms. The molecular formula is C12H12ClN2O2P. The van der Waals surface area contributed by atoms with E-state index in [2.05, 4.69) is 10.1 Å². The van der Waals surface area contributed by atoms with E-state index in [0.29, 0.717) is 16.6 Å². The SMILES string of the molecule is CP(=O)(Nc1ccccn1)Oc1ccc(Cl)cc1. The average Bonchev–Trinajstić information content (AvgIpc) is 2.32. The molecule has 1 aromatic carbocycles. The standard InChI is InChI=1S/C12H12ClN2O2P/c1-18(16,15-12-4-2-3-9-14-12)17-11-7-5-10(13)6-8-11/h2-9H,1H3,(H,14,15,16). The molecule has 1 N–H and O–H groups in total. The molecule has 94 valence electrons. The van der Waals surface area contributed by atoms with Gasteiger partial charge in [-0.3, -0.25) is 9.65 Å². The lowest BCUT2D eigenvalue weighted by Gasteiger charge is -2.16. The number of benzene rings is 1. The molecule has 1 unspecified atom stereocenters. The van der Waals surface area contributed by atoms with Crippen LogP contribution in [0.2, 0.25) is 5.02 Å². The van der Waals surface area contributed by atoms with Gasteiger partial charge in [0.15, 0.2) is 0 Å². The van der Waals surface area contributed by atoms with Gasteiger partial charge in [-0.25, -0.2) is 4.98 Å². The van der Waals surface area contributed by atoms with Crippen molar-refractivity contribution in [2.24, 2.45) is 0 Å². The molecule has 0 fully saturated rings. The quantitative estimate of drug-likeness (QED) is 0.860. The molecule has 6 heteroatoms. The first-order valence-corrected chi connectivity index (χ1v) is 7.72. The van der Waals surface area contributed by atoms with Gasteiger partial charge in [0, 0.05) is 17.9 Å². The fourth-order valence-corrected chi connectivity index (χ4v) is 2.60. The fourth-order valence-electron chi connectivity index (χ4n) is 1.36. The van der Waals surface area contributed by atoms with E-state index in [4.69, 9.17) is 16.1 Å². The average molecular weight is 283 g/mol. The second-order valence-corrected chi connectivity index (χ2v) is 6.25. The highest BCUT2D eigenvalue weighted by atomic mass is 35.5. The Balaban J connectivity index is 2.08. The van der Waals surface area contributed by atoms with Crippen molar-refractivity contribution in [2.75, 3.05) is 11.8 Å². The van der Waals surface area contributed by atoms with Gasteiger partial charge in [-0.15, -0.1) is 0 Å². The van der Waals surface area contributed by atoms with E-state index in [0.717, 1.165) is 0 Å². The summed E-state index contributed by atoms with van der Waals surface area (Å²) in [5.41, 5.74) is 0. The van der Waals surface area contributed by atoms with E-state index < -0.39 is 7.52 Å². The molecule has 4 nitrogen and oxygen atoms in total. The molecule has 0 saturated carbocycles. The van der Waals surface area contributed by atoms with E-state index in [1.54, 1.807) is 48.7 Å². The Morgan fingerprint density at radius 3 is 2.56 bits per heavy atom. The minimum Gasteiger partial charge on any atom is -0.429 e. The van der Waals surface area contributed by atoms with Crippen LogP contribution in [0.25, 0.3) is 0 Å². The van der Waals surface area contributed by atoms with Crippen molar-refractivity contribution in [3.63, 3.8) is 0 Å². The van der Waals surface area contributed by atoms with Gasteiger partial charge in [-0.05, 0) is 36.4 Å². The summed E-state index contributed by atoms with van der Waals surface area (Å²) in [4.78, 5) is 4.04. The predicted molar refractivity (Wildman–Crippen MR) is 73.5 cm³/mol. The molecular weight excluding hydrogens is 271 g/mol. The van der Waals surface area contributed by atoms with Crippen LogP contribution in [0.3, 0.4) is 0 Å². The van der Waals surface area contributed by atoms with Crippen LogP contribution in [0.1, 0.15) is 0 Å². The molecule has 1 atom stereocenters. The summed E-state index contributed by atoms with van der Waals surface area (Å²) in [5.74, 6) is 1.01. The van der Waals surface area contributed by atoms with Gasteiger partial charge in [-0.2, -0.15) is 0 Å². The maximum absolute atomic E-state index is 12.2. The first-order valence-electron chi connectivity index (χ1n) is 5.27. The monoisotopic (exact) mass is 282 g/mol. The molecule has 0 spiro atoms. The van der Waals surface area contributed by atoms with Crippen molar-refractivity contribution in [3.05, 3.63) is 53.7 Å². The zero-order valence-electron chi connectivity index (χ0n) is 9.71. The third-order valence-corrected chi connectivity index (χ3v) is 3.52. The Kier molecular flexibility index (Phi) is 3.90. The van der Waals surface area contributed by atoms with E-state index in [1.165, 1.54) is 6.66 Å². The van der Waals surface area contributed by atoms with E-state index in [9.17, 15) is 4.57 Å². The summed E-state index contributed by atoms with van der Waals surface area (Å²) in [6.45, 7) is 1.50. The highest BCUT2D eigenvalue weighted by Gasteiger charge is 2.17. The van der Waals surface area contributed by atoms with Crippen molar-refractivity contribution in [1.29, 1.82) is 0 Å². The molecule has 0 amide bonds. The topological polar surface area (TPSA) is 51.2 Å². The van der Waals surface area contributed by atoms with Crippen molar-refractivity contribution in [2.45, 2.75) is 0 Å². The normalized spacial score (nSPS) is 13.7. The number of pyridine rings is 1. The second-order valence-electron chi connectivity index (χ2n) is 3.72. The molecule has 0 aliphatic rings. The number of aromatic nitrogens is 1. The molecule has 1 heterocycles. The van der Waals surface area contributed by atoms with Crippen molar-refractivity contribution >= 4 is 24.9 Å². The van der Waals surface area contributed by atoms with Gasteiger partial charge in [0.1, 0.15) is 11.6 Å². The largest absolute Gasteiger partial charge is 0.429 e. The summed E-state index contributed by atoms with van der Waals surface area (Å²) in [6.07, 6.45) is 1.62. The number of nitrogens with one attached hydrogen (secondary N) is 1. The number of hydrogen-bond acceptors (Lipinski definition) is 3.